The van der Waals surface area contributed by atoms with Crippen molar-refractivity contribution < 1.29 is 4.79 Å². The first-order chi connectivity index (χ1) is 12.1. The standard InChI is InChI=1S/C20H24N4O/c1-14-12-23(2)20(22-14)15-6-5-9-24(13-15)19(25)10-16-11-21-18-8-4-3-7-17(16)18/h3-4,7-8,11-12,15,21H,5-6,9-10,13H2,1-2H3. The lowest BCUT2D eigenvalue weighted by Crippen LogP contribution is -2.40. The summed E-state index contributed by atoms with van der Waals surface area (Å²) in [5.41, 5.74) is 3.21. The molecule has 4 rings (SSSR count). The second kappa shape index (κ2) is 6.39. The van der Waals surface area contributed by atoms with Crippen LogP contribution in [-0.2, 0) is 18.3 Å². The Morgan fingerprint density at radius 3 is 3.00 bits per heavy atom. The monoisotopic (exact) mass is 336 g/mol. The molecule has 3 heterocycles. The fourth-order valence-corrected chi connectivity index (χ4v) is 3.98. The van der Waals surface area contributed by atoms with Gasteiger partial charge in [-0.1, -0.05) is 18.2 Å². The lowest BCUT2D eigenvalue weighted by Gasteiger charge is -2.32. The fraction of sp³-hybridized carbons (Fsp3) is 0.400. The van der Waals surface area contributed by atoms with E-state index in [0.29, 0.717) is 12.3 Å². The Labute approximate surface area is 147 Å². The van der Waals surface area contributed by atoms with E-state index in [1.807, 2.05) is 43.3 Å². The number of rotatable bonds is 3. The first-order valence-corrected chi connectivity index (χ1v) is 8.94. The van der Waals surface area contributed by atoms with Crippen molar-refractivity contribution in [3.05, 3.63) is 53.7 Å². The predicted octanol–water partition coefficient (Wildman–Crippen LogP) is 3.16. The molecular weight excluding hydrogens is 312 g/mol. The van der Waals surface area contributed by atoms with E-state index in [4.69, 9.17) is 0 Å². The molecule has 130 valence electrons. The Bertz CT molecular complexity index is 907. The highest BCUT2D eigenvalue weighted by molar-refractivity contribution is 5.88. The van der Waals surface area contributed by atoms with Crippen LogP contribution >= 0.6 is 0 Å². The lowest BCUT2D eigenvalue weighted by molar-refractivity contribution is -0.131. The topological polar surface area (TPSA) is 53.9 Å². The quantitative estimate of drug-likeness (QED) is 0.799. The molecule has 1 N–H and O–H groups in total. The van der Waals surface area contributed by atoms with Gasteiger partial charge in [-0.2, -0.15) is 0 Å². The van der Waals surface area contributed by atoms with Crippen LogP contribution in [0.4, 0.5) is 0 Å². The molecule has 1 aliphatic rings. The highest BCUT2D eigenvalue weighted by Crippen LogP contribution is 2.27. The molecule has 0 saturated carbocycles. The summed E-state index contributed by atoms with van der Waals surface area (Å²) in [6, 6.07) is 8.15. The van der Waals surface area contributed by atoms with Crippen molar-refractivity contribution >= 4 is 16.8 Å². The van der Waals surface area contributed by atoms with Crippen LogP contribution in [0, 0.1) is 6.92 Å². The maximum atomic E-state index is 12.9. The smallest absolute Gasteiger partial charge is 0.227 e. The van der Waals surface area contributed by atoms with E-state index in [-0.39, 0.29) is 5.91 Å². The number of hydrogen-bond donors (Lipinski definition) is 1. The minimum atomic E-state index is 0.209. The number of aromatic nitrogens is 3. The number of para-hydroxylation sites is 1. The summed E-state index contributed by atoms with van der Waals surface area (Å²) in [4.78, 5) is 22.8. The van der Waals surface area contributed by atoms with E-state index < -0.39 is 0 Å². The van der Waals surface area contributed by atoms with Crippen LogP contribution < -0.4 is 0 Å². The van der Waals surface area contributed by atoms with E-state index in [1.165, 1.54) is 0 Å². The molecule has 1 fully saturated rings. The van der Waals surface area contributed by atoms with E-state index >= 15 is 0 Å². The molecule has 1 amide bonds. The number of carbonyl (C=O) groups excluding carboxylic acids is 1. The Hall–Kier alpha value is -2.56. The number of piperidine rings is 1. The zero-order valence-electron chi connectivity index (χ0n) is 14.8. The van der Waals surface area contributed by atoms with Crippen LogP contribution in [0.15, 0.2) is 36.7 Å². The van der Waals surface area contributed by atoms with E-state index in [9.17, 15) is 4.79 Å². The highest BCUT2D eigenvalue weighted by atomic mass is 16.2. The van der Waals surface area contributed by atoms with Crippen molar-refractivity contribution in [2.45, 2.75) is 32.1 Å². The molecule has 1 atom stereocenters. The number of H-pyrrole nitrogens is 1. The summed E-state index contributed by atoms with van der Waals surface area (Å²) < 4.78 is 2.10. The minimum Gasteiger partial charge on any atom is -0.361 e. The molecule has 0 radical (unpaired) electrons. The summed E-state index contributed by atoms with van der Waals surface area (Å²) in [6.07, 6.45) is 6.61. The number of nitrogens with one attached hydrogen (secondary N) is 1. The zero-order chi connectivity index (χ0) is 17.4. The number of likely N-dealkylation sites (tertiary alicyclic amines) is 1. The predicted molar refractivity (Wildman–Crippen MR) is 98.5 cm³/mol. The molecule has 1 saturated heterocycles. The van der Waals surface area contributed by atoms with Crippen molar-refractivity contribution in [2.75, 3.05) is 13.1 Å². The molecule has 0 bridgehead atoms. The largest absolute Gasteiger partial charge is 0.361 e. The third kappa shape index (κ3) is 3.06. The van der Waals surface area contributed by atoms with Gasteiger partial charge in [-0.25, -0.2) is 4.98 Å². The Morgan fingerprint density at radius 1 is 1.36 bits per heavy atom. The van der Waals surface area contributed by atoms with Gasteiger partial charge in [0.15, 0.2) is 0 Å². The van der Waals surface area contributed by atoms with Crippen molar-refractivity contribution in [3.8, 4) is 0 Å². The van der Waals surface area contributed by atoms with Crippen molar-refractivity contribution in [3.63, 3.8) is 0 Å². The van der Waals surface area contributed by atoms with Crippen LogP contribution in [0.3, 0.4) is 0 Å². The summed E-state index contributed by atoms with van der Waals surface area (Å²) in [6.45, 7) is 3.64. The summed E-state index contributed by atoms with van der Waals surface area (Å²) in [5.74, 6) is 1.64. The number of aryl methyl sites for hydroxylation is 2. The lowest BCUT2D eigenvalue weighted by atomic mass is 9.96. The normalized spacial score (nSPS) is 18.0. The van der Waals surface area contributed by atoms with E-state index in [2.05, 4.69) is 26.8 Å². The maximum absolute atomic E-state index is 12.9. The van der Waals surface area contributed by atoms with Gasteiger partial charge >= 0.3 is 0 Å². The third-order valence-electron chi connectivity index (χ3n) is 5.19. The minimum absolute atomic E-state index is 0.209. The van der Waals surface area contributed by atoms with Crippen LogP contribution in [0.5, 0.6) is 0 Å². The number of nitrogens with zero attached hydrogens (tertiary/aromatic N) is 3. The van der Waals surface area contributed by atoms with Crippen LogP contribution in [0.2, 0.25) is 0 Å². The van der Waals surface area contributed by atoms with Gasteiger partial charge in [0.1, 0.15) is 5.82 Å². The Balaban J connectivity index is 1.49. The molecule has 5 heteroatoms. The first kappa shape index (κ1) is 15.9. The number of hydrogen-bond acceptors (Lipinski definition) is 2. The van der Waals surface area contributed by atoms with Gasteiger partial charge in [0.2, 0.25) is 5.91 Å². The number of fused-ring (bicyclic) bond motifs is 1. The van der Waals surface area contributed by atoms with Gasteiger partial charge in [-0.15, -0.1) is 0 Å². The SMILES string of the molecule is Cc1cn(C)c(C2CCCN(C(=O)Cc3c[nH]c4ccccc34)C2)n1. The van der Waals surface area contributed by atoms with Crippen LogP contribution in [-0.4, -0.2) is 38.4 Å². The van der Waals surface area contributed by atoms with Gasteiger partial charge in [-0.05, 0) is 31.4 Å². The molecule has 3 aromatic rings. The van der Waals surface area contributed by atoms with Crippen molar-refractivity contribution in [1.82, 2.24) is 19.4 Å². The Kier molecular flexibility index (Phi) is 4.07. The first-order valence-electron chi connectivity index (χ1n) is 8.94. The molecule has 1 aliphatic heterocycles. The molecular formula is C20H24N4O. The fourth-order valence-electron chi connectivity index (χ4n) is 3.98. The van der Waals surface area contributed by atoms with Gasteiger partial charge in [0, 0.05) is 49.4 Å². The molecule has 1 aromatic carbocycles. The van der Waals surface area contributed by atoms with Gasteiger partial charge in [0.05, 0.1) is 12.1 Å². The molecule has 5 nitrogen and oxygen atoms in total. The second-order valence-electron chi connectivity index (χ2n) is 7.07. The van der Waals surface area contributed by atoms with Gasteiger partial charge in [-0.3, -0.25) is 4.79 Å². The average molecular weight is 336 g/mol. The number of amides is 1. The highest BCUT2D eigenvalue weighted by Gasteiger charge is 2.27. The molecule has 0 spiro atoms. The maximum Gasteiger partial charge on any atom is 0.227 e. The molecule has 1 unspecified atom stereocenters. The second-order valence-corrected chi connectivity index (χ2v) is 7.07. The van der Waals surface area contributed by atoms with E-state index in [0.717, 1.165) is 53.9 Å². The molecule has 25 heavy (non-hydrogen) atoms. The van der Waals surface area contributed by atoms with E-state index in [1.54, 1.807) is 0 Å². The van der Waals surface area contributed by atoms with Crippen molar-refractivity contribution in [1.29, 1.82) is 0 Å². The number of aromatic amines is 1. The number of imidazole rings is 1. The van der Waals surface area contributed by atoms with Crippen molar-refractivity contribution in [2.24, 2.45) is 7.05 Å². The number of carbonyl (C=O) groups is 1. The summed E-state index contributed by atoms with van der Waals surface area (Å²) in [7, 11) is 2.04. The Morgan fingerprint density at radius 2 is 2.20 bits per heavy atom. The zero-order valence-corrected chi connectivity index (χ0v) is 14.8. The van der Waals surface area contributed by atoms with Gasteiger partial charge in [0.25, 0.3) is 0 Å². The van der Waals surface area contributed by atoms with Crippen LogP contribution in [0.25, 0.3) is 10.9 Å². The van der Waals surface area contributed by atoms with Crippen LogP contribution in [0.1, 0.15) is 35.8 Å². The number of benzene rings is 1. The third-order valence-corrected chi connectivity index (χ3v) is 5.19. The summed E-state index contributed by atoms with van der Waals surface area (Å²) >= 11 is 0. The van der Waals surface area contributed by atoms with Gasteiger partial charge < -0.3 is 14.5 Å². The molecule has 0 aliphatic carbocycles. The summed E-state index contributed by atoms with van der Waals surface area (Å²) in [5, 5.41) is 1.14. The molecule has 2 aromatic heterocycles. The average Bonchev–Trinajstić information content (AvgIpc) is 3.18.